The smallest absolute Gasteiger partial charge is 0.0172 e. The van der Waals surface area contributed by atoms with Gasteiger partial charge >= 0.3 is 0 Å². The fraction of sp³-hybridized carbons (Fsp3) is 1.00. The van der Waals surface area contributed by atoms with Crippen molar-refractivity contribution in [2.75, 3.05) is 0 Å². The molecule has 3 heteroatoms. The lowest BCUT2D eigenvalue weighted by atomic mass is 10.1. The summed E-state index contributed by atoms with van der Waals surface area (Å²) in [4.78, 5) is 0. The van der Waals surface area contributed by atoms with E-state index in [9.17, 15) is 0 Å². The van der Waals surface area contributed by atoms with Gasteiger partial charge in [-0.3, -0.25) is 0 Å². The van der Waals surface area contributed by atoms with Crippen LogP contribution < -0.4 is 0 Å². The average molecular weight is 194 g/mol. The third-order valence-electron chi connectivity index (χ3n) is 2.50. The van der Waals surface area contributed by atoms with E-state index in [1.807, 2.05) is 0 Å². The molecule has 4 unspecified atom stereocenters. The Kier molecular flexibility index (Phi) is 2.92. The van der Waals surface area contributed by atoms with E-state index in [0.717, 1.165) is 0 Å². The van der Waals surface area contributed by atoms with Crippen LogP contribution in [0.4, 0.5) is 0 Å². The van der Waals surface area contributed by atoms with Crippen molar-refractivity contribution in [2.24, 2.45) is 11.8 Å². The van der Waals surface area contributed by atoms with Gasteiger partial charge in [0.25, 0.3) is 0 Å². The molecule has 10 heavy (non-hydrogen) atoms. The minimum absolute atomic E-state index is 0.417. The maximum Gasteiger partial charge on any atom is 0.0172 e. The molecule has 0 amide bonds. The van der Waals surface area contributed by atoms with Gasteiger partial charge in [0.15, 0.2) is 0 Å². The zero-order valence-corrected chi connectivity index (χ0v) is 8.91. The maximum atomic E-state index is 4.50. The molecule has 1 aliphatic rings. The lowest BCUT2D eigenvalue weighted by molar-refractivity contribution is 0.584. The highest BCUT2D eigenvalue weighted by molar-refractivity contribution is 7.85. The van der Waals surface area contributed by atoms with Crippen molar-refractivity contribution in [1.29, 1.82) is 0 Å². The summed E-state index contributed by atoms with van der Waals surface area (Å²) in [5.74, 6) is 1.17. The first kappa shape index (κ1) is 9.14. The molecule has 1 fully saturated rings. The molecule has 0 saturated heterocycles. The summed E-state index contributed by atoms with van der Waals surface area (Å²) in [6.07, 6.45) is 0. The van der Waals surface area contributed by atoms with Crippen LogP contribution in [-0.2, 0) is 0 Å². The fourth-order valence-electron chi connectivity index (χ4n) is 1.50. The quantitative estimate of drug-likeness (QED) is 0.484. The number of hydrogen-bond donors (Lipinski definition) is 3. The molecule has 1 rings (SSSR count). The normalized spacial score (nSPS) is 55.5. The van der Waals surface area contributed by atoms with E-state index in [0.29, 0.717) is 27.6 Å². The molecule has 0 N–H and O–H groups in total. The molecular weight excluding hydrogens is 180 g/mol. The molecule has 0 heterocycles. The topological polar surface area (TPSA) is 0 Å². The van der Waals surface area contributed by atoms with E-state index in [1.165, 1.54) is 0 Å². The SMILES string of the molecule is CC1C(S)C(C)C(S)C1S. The fourth-order valence-corrected chi connectivity index (χ4v) is 3.06. The predicted molar refractivity (Wildman–Crippen MR) is 56.7 cm³/mol. The van der Waals surface area contributed by atoms with Crippen LogP contribution in [0.25, 0.3) is 0 Å². The number of hydrogen-bond acceptors (Lipinski definition) is 3. The monoisotopic (exact) mass is 194 g/mol. The van der Waals surface area contributed by atoms with Gasteiger partial charge in [-0.15, -0.1) is 0 Å². The van der Waals surface area contributed by atoms with Crippen molar-refractivity contribution in [2.45, 2.75) is 29.6 Å². The summed E-state index contributed by atoms with van der Waals surface area (Å²) in [6.45, 7) is 4.39. The first-order valence-corrected chi connectivity index (χ1v) is 5.15. The molecular formula is C7H14S3. The standard InChI is InChI=1S/C7H14S3/c1-3-5(8)4(2)7(10)6(3)9/h3-10H,1-2H3. The van der Waals surface area contributed by atoms with Gasteiger partial charge in [-0.25, -0.2) is 0 Å². The van der Waals surface area contributed by atoms with Crippen molar-refractivity contribution in [3.8, 4) is 0 Å². The molecule has 0 radical (unpaired) electrons. The Balaban J connectivity index is 2.68. The summed E-state index contributed by atoms with van der Waals surface area (Å²) in [7, 11) is 0. The molecule has 1 saturated carbocycles. The summed E-state index contributed by atoms with van der Waals surface area (Å²) in [6, 6.07) is 0. The largest absolute Gasteiger partial charge is 0.175 e. The van der Waals surface area contributed by atoms with Crippen LogP contribution in [0.3, 0.4) is 0 Å². The highest BCUT2D eigenvalue weighted by Gasteiger charge is 2.40. The van der Waals surface area contributed by atoms with E-state index >= 15 is 0 Å². The molecule has 60 valence electrons. The van der Waals surface area contributed by atoms with Crippen molar-refractivity contribution < 1.29 is 0 Å². The van der Waals surface area contributed by atoms with E-state index < -0.39 is 0 Å². The minimum Gasteiger partial charge on any atom is -0.175 e. The molecule has 4 atom stereocenters. The van der Waals surface area contributed by atoms with Gasteiger partial charge in [-0.1, -0.05) is 13.8 Å². The molecule has 0 aromatic rings. The van der Waals surface area contributed by atoms with Gasteiger partial charge in [-0.05, 0) is 11.8 Å². The summed E-state index contributed by atoms with van der Waals surface area (Å²) < 4.78 is 0. The zero-order chi connectivity index (χ0) is 7.89. The number of thiol groups is 3. The van der Waals surface area contributed by atoms with Crippen LogP contribution in [0.2, 0.25) is 0 Å². The van der Waals surface area contributed by atoms with Crippen molar-refractivity contribution in [3.05, 3.63) is 0 Å². The Morgan fingerprint density at radius 3 is 1.10 bits per heavy atom. The molecule has 1 aliphatic carbocycles. The van der Waals surface area contributed by atoms with Gasteiger partial charge in [-0.2, -0.15) is 37.9 Å². The average Bonchev–Trinajstić information content (AvgIpc) is 2.07. The Morgan fingerprint density at radius 2 is 1.00 bits per heavy atom. The van der Waals surface area contributed by atoms with E-state index in [2.05, 4.69) is 51.7 Å². The predicted octanol–water partition coefficient (Wildman–Crippen LogP) is 2.17. The number of rotatable bonds is 0. The summed E-state index contributed by atoms with van der Waals surface area (Å²) in [5.41, 5.74) is 0. The second kappa shape index (κ2) is 3.20. The molecule has 0 nitrogen and oxygen atoms in total. The summed E-state index contributed by atoms with van der Waals surface area (Å²) in [5, 5.41) is 1.31. The summed E-state index contributed by atoms with van der Waals surface area (Å²) >= 11 is 13.5. The van der Waals surface area contributed by atoms with Crippen molar-refractivity contribution in [1.82, 2.24) is 0 Å². The van der Waals surface area contributed by atoms with Gasteiger partial charge < -0.3 is 0 Å². The van der Waals surface area contributed by atoms with Crippen LogP contribution in [0.1, 0.15) is 13.8 Å². The second-order valence-corrected chi connectivity index (χ2v) is 4.98. The van der Waals surface area contributed by atoms with Gasteiger partial charge in [0.2, 0.25) is 0 Å². The van der Waals surface area contributed by atoms with Crippen molar-refractivity contribution >= 4 is 37.9 Å². The van der Waals surface area contributed by atoms with Crippen LogP contribution in [0.15, 0.2) is 0 Å². The lowest BCUT2D eigenvalue weighted by Crippen LogP contribution is -2.15. The van der Waals surface area contributed by atoms with Crippen LogP contribution >= 0.6 is 37.9 Å². The van der Waals surface area contributed by atoms with Gasteiger partial charge in [0, 0.05) is 15.7 Å². The van der Waals surface area contributed by atoms with Gasteiger partial charge in [0.05, 0.1) is 0 Å². The third kappa shape index (κ3) is 1.32. The lowest BCUT2D eigenvalue weighted by Gasteiger charge is -2.12. The Bertz CT molecular complexity index is 81.2. The highest BCUT2D eigenvalue weighted by Crippen LogP contribution is 2.40. The first-order valence-electron chi connectivity index (χ1n) is 3.60. The van der Waals surface area contributed by atoms with Crippen LogP contribution in [0, 0.1) is 11.8 Å². The van der Waals surface area contributed by atoms with E-state index in [1.54, 1.807) is 0 Å². The third-order valence-corrected chi connectivity index (χ3v) is 5.26. The zero-order valence-electron chi connectivity index (χ0n) is 6.23. The first-order chi connectivity index (χ1) is 4.55. The van der Waals surface area contributed by atoms with E-state index in [4.69, 9.17) is 0 Å². The molecule has 0 spiro atoms. The highest BCUT2D eigenvalue weighted by atomic mass is 32.1. The Hall–Kier alpha value is 1.05. The van der Waals surface area contributed by atoms with E-state index in [-0.39, 0.29) is 0 Å². The Labute approximate surface area is 79.4 Å². The van der Waals surface area contributed by atoms with Crippen LogP contribution in [0.5, 0.6) is 0 Å². The molecule has 0 bridgehead atoms. The molecule has 0 aromatic heterocycles. The van der Waals surface area contributed by atoms with Gasteiger partial charge in [0.1, 0.15) is 0 Å². The minimum atomic E-state index is 0.417. The van der Waals surface area contributed by atoms with Crippen molar-refractivity contribution in [3.63, 3.8) is 0 Å². The molecule has 0 aromatic carbocycles. The Morgan fingerprint density at radius 1 is 0.700 bits per heavy atom. The van der Waals surface area contributed by atoms with Crippen LogP contribution in [-0.4, -0.2) is 15.7 Å². The second-order valence-electron chi connectivity index (χ2n) is 3.19. The maximum absolute atomic E-state index is 4.50. The molecule has 0 aliphatic heterocycles.